The van der Waals surface area contributed by atoms with Crippen LogP contribution in [0.2, 0.25) is 5.02 Å². The van der Waals surface area contributed by atoms with E-state index in [2.05, 4.69) is 10.3 Å². The molecule has 3 nitrogen and oxygen atoms in total. The minimum Gasteiger partial charge on any atom is -0.320 e. The summed E-state index contributed by atoms with van der Waals surface area (Å²) in [5.74, 6) is -0.218. The second kappa shape index (κ2) is 5.21. The summed E-state index contributed by atoms with van der Waals surface area (Å²) < 4.78 is 0. The second-order valence-corrected chi connectivity index (χ2v) is 5.93. The van der Waals surface area contributed by atoms with Gasteiger partial charge in [0.25, 0.3) is 5.91 Å². The van der Waals surface area contributed by atoms with Crippen LogP contribution in [0.1, 0.15) is 11.1 Å². The Balaban J connectivity index is 1.97. The fourth-order valence-corrected chi connectivity index (χ4v) is 3.14. The quantitative estimate of drug-likeness (QED) is 0.682. The number of aliphatic imine (C=N–C) groups is 1. The van der Waals surface area contributed by atoms with Crippen LogP contribution in [0.15, 0.2) is 59.6 Å². The summed E-state index contributed by atoms with van der Waals surface area (Å²) in [5, 5.41) is 5.49. The van der Waals surface area contributed by atoms with Gasteiger partial charge in [-0.05, 0) is 30.0 Å². The Bertz CT molecular complexity index is 987. The molecule has 0 unspecified atom stereocenters. The monoisotopic (exact) mass is 320 g/mol. The molecule has 0 spiro atoms. The predicted octanol–water partition coefficient (Wildman–Crippen LogP) is 4.87. The van der Waals surface area contributed by atoms with E-state index in [0.717, 1.165) is 27.7 Å². The number of hydrogen-bond acceptors (Lipinski definition) is 2. The third kappa shape index (κ3) is 2.21. The van der Waals surface area contributed by atoms with Gasteiger partial charge in [-0.3, -0.25) is 4.79 Å². The van der Waals surface area contributed by atoms with Crippen molar-refractivity contribution in [1.82, 2.24) is 0 Å². The number of benzene rings is 3. The van der Waals surface area contributed by atoms with Gasteiger partial charge < -0.3 is 5.32 Å². The number of carbonyl (C=O) groups excluding carboxylic acids is 1. The van der Waals surface area contributed by atoms with Gasteiger partial charge in [-0.15, -0.1) is 0 Å². The Hall–Kier alpha value is -2.65. The van der Waals surface area contributed by atoms with E-state index in [-0.39, 0.29) is 5.91 Å². The van der Waals surface area contributed by atoms with Crippen molar-refractivity contribution in [2.24, 2.45) is 4.99 Å². The number of fused-ring (bicyclic) bond motifs is 2. The highest BCUT2D eigenvalue weighted by Gasteiger charge is 2.29. The first-order valence-electron chi connectivity index (χ1n) is 7.32. The molecular formula is C19H13ClN2O. The minimum atomic E-state index is -0.218. The molecule has 3 aromatic rings. The smallest absolute Gasteiger partial charge is 0.275 e. The van der Waals surface area contributed by atoms with Crippen molar-refractivity contribution in [3.63, 3.8) is 0 Å². The van der Waals surface area contributed by atoms with E-state index in [9.17, 15) is 4.79 Å². The van der Waals surface area contributed by atoms with E-state index >= 15 is 0 Å². The number of halogens is 1. The largest absolute Gasteiger partial charge is 0.320 e. The van der Waals surface area contributed by atoms with E-state index in [1.54, 1.807) is 6.07 Å². The summed E-state index contributed by atoms with van der Waals surface area (Å²) in [6.07, 6.45) is 0. The lowest BCUT2D eigenvalue weighted by atomic mass is 10.1. The average molecular weight is 321 g/mol. The molecule has 0 aliphatic carbocycles. The normalized spacial score (nSPS) is 15.0. The zero-order chi connectivity index (χ0) is 16.0. The summed E-state index contributed by atoms with van der Waals surface area (Å²) in [6, 6.07) is 17.5. The SMILES string of the molecule is Cc1ccc(Cl)c2c1NC(=O)C2=Nc1cccc2ccccc12. The Morgan fingerprint density at radius 3 is 2.65 bits per heavy atom. The minimum absolute atomic E-state index is 0.218. The van der Waals surface area contributed by atoms with Gasteiger partial charge in [0.2, 0.25) is 0 Å². The van der Waals surface area contributed by atoms with Crippen molar-refractivity contribution in [3.05, 3.63) is 70.7 Å². The van der Waals surface area contributed by atoms with Crippen LogP contribution in [0.25, 0.3) is 10.8 Å². The fourth-order valence-electron chi connectivity index (χ4n) is 2.89. The Morgan fingerprint density at radius 1 is 1.00 bits per heavy atom. The highest BCUT2D eigenvalue weighted by Crippen LogP contribution is 2.35. The zero-order valence-electron chi connectivity index (χ0n) is 12.4. The molecule has 1 aliphatic heterocycles. The molecular weight excluding hydrogens is 308 g/mol. The van der Waals surface area contributed by atoms with E-state index < -0.39 is 0 Å². The highest BCUT2D eigenvalue weighted by molar-refractivity contribution is 6.57. The number of hydrogen-bond donors (Lipinski definition) is 1. The first-order chi connectivity index (χ1) is 11.1. The van der Waals surface area contributed by atoms with Gasteiger partial charge in [0, 0.05) is 10.9 Å². The Labute approximate surface area is 138 Å². The average Bonchev–Trinajstić information content (AvgIpc) is 2.89. The second-order valence-electron chi connectivity index (χ2n) is 5.53. The number of nitrogens with one attached hydrogen (secondary N) is 1. The molecule has 4 rings (SSSR count). The third-order valence-corrected chi connectivity index (χ3v) is 4.37. The molecule has 112 valence electrons. The molecule has 0 aromatic heterocycles. The summed E-state index contributed by atoms with van der Waals surface area (Å²) in [5.41, 5.74) is 3.54. The molecule has 1 amide bonds. The van der Waals surface area contributed by atoms with Crippen LogP contribution in [0.5, 0.6) is 0 Å². The topological polar surface area (TPSA) is 41.5 Å². The van der Waals surface area contributed by atoms with Crippen LogP contribution < -0.4 is 5.32 Å². The summed E-state index contributed by atoms with van der Waals surface area (Å²) in [4.78, 5) is 17.0. The predicted molar refractivity (Wildman–Crippen MR) is 95.0 cm³/mol. The lowest BCUT2D eigenvalue weighted by Crippen LogP contribution is -2.14. The van der Waals surface area contributed by atoms with Crippen molar-refractivity contribution >= 4 is 45.4 Å². The first kappa shape index (κ1) is 14.0. The molecule has 1 N–H and O–H groups in total. The fraction of sp³-hybridized carbons (Fsp3) is 0.0526. The van der Waals surface area contributed by atoms with E-state index in [1.165, 1.54) is 0 Å². The Morgan fingerprint density at radius 2 is 1.78 bits per heavy atom. The van der Waals surface area contributed by atoms with Crippen molar-refractivity contribution in [3.8, 4) is 0 Å². The molecule has 3 aromatic carbocycles. The standard InChI is InChI=1S/C19H13ClN2O/c1-11-9-10-14(20)16-17(11)22-19(23)18(16)21-15-8-4-6-12-5-2-3-7-13(12)15/h2-10H,1H3,(H,21,22,23). The molecule has 1 aliphatic rings. The van der Waals surface area contributed by atoms with Gasteiger partial charge >= 0.3 is 0 Å². The summed E-state index contributed by atoms with van der Waals surface area (Å²) >= 11 is 6.31. The number of rotatable bonds is 1. The van der Waals surface area contributed by atoms with Crippen LogP contribution in [-0.4, -0.2) is 11.6 Å². The van der Waals surface area contributed by atoms with Crippen molar-refractivity contribution < 1.29 is 4.79 Å². The number of carbonyl (C=O) groups is 1. The maximum Gasteiger partial charge on any atom is 0.275 e. The summed E-state index contributed by atoms with van der Waals surface area (Å²) in [6.45, 7) is 1.94. The Kier molecular flexibility index (Phi) is 3.17. The van der Waals surface area contributed by atoms with Crippen LogP contribution in [0.3, 0.4) is 0 Å². The van der Waals surface area contributed by atoms with Crippen LogP contribution in [0.4, 0.5) is 11.4 Å². The molecule has 0 radical (unpaired) electrons. The molecule has 0 atom stereocenters. The van der Waals surface area contributed by atoms with Crippen LogP contribution >= 0.6 is 11.6 Å². The van der Waals surface area contributed by atoms with Gasteiger partial charge in [-0.2, -0.15) is 0 Å². The van der Waals surface area contributed by atoms with E-state index in [4.69, 9.17) is 11.6 Å². The zero-order valence-corrected chi connectivity index (χ0v) is 13.2. The molecule has 0 saturated heterocycles. The van der Waals surface area contributed by atoms with E-state index in [0.29, 0.717) is 16.3 Å². The molecule has 23 heavy (non-hydrogen) atoms. The molecule has 4 heteroatoms. The third-order valence-electron chi connectivity index (χ3n) is 4.05. The molecule has 0 fully saturated rings. The lowest BCUT2D eigenvalue weighted by Gasteiger charge is -2.05. The van der Waals surface area contributed by atoms with Gasteiger partial charge in [-0.25, -0.2) is 4.99 Å². The van der Waals surface area contributed by atoms with Gasteiger partial charge in [0.15, 0.2) is 0 Å². The van der Waals surface area contributed by atoms with Crippen LogP contribution in [-0.2, 0) is 4.79 Å². The van der Waals surface area contributed by atoms with Gasteiger partial charge in [-0.1, -0.05) is 54.1 Å². The molecule has 0 saturated carbocycles. The van der Waals surface area contributed by atoms with Crippen molar-refractivity contribution in [2.45, 2.75) is 6.92 Å². The maximum absolute atomic E-state index is 12.4. The number of anilines is 1. The molecule has 1 heterocycles. The maximum atomic E-state index is 12.4. The highest BCUT2D eigenvalue weighted by atomic mass is 35.5. The number of amides is 1. The van der Waals surface area contributed by atoms with Crippen molar-refractivity contribution in [2.75, 3.05) is 5.32 Å². The lowest BCUT2D eigenvalue weighted by molar-refractivity contribution is -0.110. The van der Waals surface area contributed by atoms with Gasteiger partial charge in [0.1, 0.15) is 5.71 Å². The van der Waals surface area contributed by atoms with Gasteiger partial charge in [0.05, 0.1) is 16.4 Å². The van der Waals surface area contributed by atoms with E-state index in [1.807, 2.05) is 55.5 Å². The number of aryl methyl sites for hydroxylation is 1. The first-order valence-corrected chi connectivity index (χ1v) is 7.70. The van der Waals surface area contributed by atoms with Crippen LogP contribution in [0, 0.1) is 6.92 Å². The number of nitrogens with zero attached hydrogens (tertiary/aromatic N) is 1. The van der Waals surface area contributed by atoms with Crippen molar-refractivity contribution in [1.29, 1.82) is 0 Å². The summed E-state index contributed by atoms with van der Waals surface area (Å²) in [7, 11) is 0. The molecule has 0 bridgehead atoms.